The van der Waals surface area contributed by atoms with Crippen LogP contribution in [0.4, 0.5) is 10.1 Å². The molecule has 2 heterocycles. The molecule has 26 heavy (non-hydrogen) atoms. The lowest BCUT2D eigenvalue weighted by Gasteiger charge is -2.42. The van der Waals surface area contributed by atoms with Crippen LogP contribution in [0.15, 0.2) is 24.3 Å². The highest BCUT2D eigenvalue weighted by molar-refractivity contribution is 5.85. The summed E-state index contributed by atoms with van der Waals surface area (Å²) in [7, 11) is 0. The third-order valence-corrected chi connectivity index (χ3v) is 5.20. The van der Waals surface area contributed by atoms with Gasteiger partial charge < -0.3 is 15.1 Å². The van der Waals surface area contributed by atoms with Crippen LogP contribution in [0.1, 0.15) is 13.8 Å². The summed E-state index contributed by atoms with van der Waals surface area (Å²) in [6.07, 6.45) is 0. The number of hydrogen-bond acceptors (Lipinski definition) is 4. The van der Waals surface area contributed by atoms with Crippen molar-refractivity contribution in [2.75, 3.05) is 50.7 Å². The molecule has 1 amide bonds. The number of halogens is 3. The molecule has 1 N–H and O–H groups in total. The Morgan fingerprint density at radius 3 is 2.31 bits per heavy atom. The Bertz CT molecular complexity index is 567. The molecule has 0 saturated carbocycles. The van der Waals surface area contributed by atoms with Crippen LogP contribution in [-0.4, -0.2) is 73.6 Å². The summed E-state index contributed by atoms with van der Waals surface area (Å²) in [6, 6.07) is 6.82. The Labute approximate surface area is 167 Å². The van der Waals surface area contributed by atoms with Crippen molar-refractivity contribution in [3.8, 4) is 0 Å². The van der Waals surface area contributed by atoms with Crippen LogP contribution in [0.25, 0.3) is 0 Å². The van der Waals surface area contributed by atoms with E-state index < -0.39 is 0 Å². The molecule has 0 radical (unpaired) electrons. The smallest absolute Gasteiger partial charge is 0.239 e. The normalized spacial score (nSPS) is 22.2. The van der Waals surface area contributed by atoms with Gasteiger partial charge in [0.2, 0.25) is 5.91 Å². The molecule has 2 fully saturated rings. The van der Waals surface area contributed by atoms with E-state index >= 15 is 0 Å². The average Bonchev–Trinajstić information content (AvgIpc) is 2.62. The first kappa shape index (κ1) is 23.0. The minimum Gasteiger partial charge on any atom is -0.369 e. The first-order valence-corrected chi connectivity index (χ1v) is 8.82. The van der Waals surface area contributed by atoms with Crippen molar-refractivity contribution in [2.45, 2.75) is 25.9 Å². The first-order chi connectivity index (χ1) is 11.6. The van der Waals surface area contributed by atoms with E-state index in [1.807, 2.05) is 24.0 Å². The van der Waals surface area contributed by atoms with Gasteiger partial charge >= 0.3 is 0 Å². The molecule has 0 bridgehead atoms. The van der Waals surface area contributed by atoms with Crippen molar-refractivity contribution >= 4 is 36.4 Å². The van der Waals surface area contributed by atoms with Crippen molar-refractivity contribution in [2.24, 2.45) is 0 Å². The molecule has 2 aliphatic heterocycles. The van der Waals surface area contributed by atoms with Gasteiger partial charge in [-0.1, -0.05) is 0 Å². The Hall–Kier alpha value is -1.08. The average molecular weight is 407 g/mol. The molecule has 0 spiro atoms. The van der Waals surface area contributed by atoms with Crippen LogP contribution < -0.4 is 10.2 Å². The summed E-state index contributed by atoms with van der Waals surface area (Å²) in [5.41, 5.74) is 1.05. The largest absolute Gasteiger partial charge is 0.369 e. The maximum atomic E-state index is 13.0. The molecule has 1 unspecified atom stereocenters. The van der Waals surface area contributed by atoms with Gasteiger partial charge in [-0.05, 0) is 38.1 Å². The summed E-state index contributed by atoms with van der Waals surface area (Å²) in [5.74, 6) is 0.0287. The summed E-state index contributed by atoms with van der Waals surface area (Å²) >= 11 is 0. The Balaban J connectivity index is 0.00000169. The number of nitrogens with zero attached hydrogens (tertiary/aromatic N) is 3. The number of carbonyl (C=O) groups is 1. The van der Waals surface area contributed by atoms with E-state index in [2.05, 4.69) is 22.0 Å². The lowest BCUT2D eigenvalue weighted by Crippen LogP contribution is -2.59. The first-order valence-electron chi connectivity index (χ1n) is 8.82. The number of anilines is 1. The minimum absolute atomic E-state index is 0. The number of rotatable bonds is 3. The van der Waals surface area contributed by atoms with Gasteiger partial charge in [0.1, 0.15) is 5.82 Å². The third kappa shape index (κ3) is 5.22. The summed E-state index contributed by atoms with van der Waals surface area (Å²) < 4.78 is 13.0. The van der Waals surface area contributed by atoms with Crippen molar-refractivity contribution < 1.29 is 9.18 Å². The second kappa shape index (κ2) is 10.3. The molecule has 1 aromatic carbocycles. The zero-order valence-electron chi connectivity index (χ0n) is 15.4. The van der Waals surface area contributed by atoms with E-state index in [1.54, 1.807) is 0 Å². The maximum Gasteiger partial charge on any atom is 0.239 e. The fourth-order valence-corrected chi connectivity index (χ4v) is 3.58. The van der Waals surface area contributed by atoms with Crippen LogP contribution in [0.2, 0.25) is 0 Å². The van der Waals surface area contributed by atoms with Gasteiger partial charge in [0, 0.05) is 57.5 Å². The fourth-order valence-electron chi connectivity index (χ4n) is 3.58. The van der Waals surface area contributed by atoms with Crippen LogP contribution in [0.3, 0.4) is 0 Å². The molecule has 8 heteroatoms. The standard InChI is InChI=1S/C18H27FN4O.2ClH/c1-14-13-20-7-8-23(14)18(24)15(2)21-9-11-22(12-10-21)17-5-3-16(19)4-6-17;;/h3-6,14-15,20H,7-13H2,1-2H3;2*1H/t14-,15?;;/m1../s1. The Morgan fingerprint density at radius 1 is 1.12 bits per heavy atom. The SMILES string of the molecule is CC(C(=O)N1CCNC[C@H]1C)N1CCN(c2ccc(F)cc2)CC1.Cl.Cl. The topological polar surface area (TPSA) is 38.8 Å². The molecule has 0 aromatic heterocycles. The number of nitrogens with one attached hydrogen (secondary N) is 1. The zero-order chi connectivity index (χ0) is 17.1. The molecule has 148 valence electrons. The van der Waals surface area contributed by atoms with Gasteiger partial charge in [-0.25, -0.2) is 4.39 Å². The van der Waals surface area contributed by atoms with Gasteiger partial charge in [-0.3, -0.25) is 9.69 Å². The summed E-state index contributed by atoms with van der Waals surface area (Å²) in [5, 5.41) is 3.32. The second-order valence-corrected chi connectivity index (χ2v) is 6.76. The highest BCUT2D eigenvalue weighted by Crippen LogP contribution is 2.18. The van der Waals surface area contributed by atoms with E-state index in [-0.39, 0.29) is 48.6 Å². The van der Waals surface area contributed by atoms with E-state index in [1.165, 1.54) is 12.1 Å². The number of amides is 1. The Morgan fingerprint density at radius 2 is 1.73 bits per heavy atom. The van der Waals surface area contributed by atoms with Crippen LogP contribution in [-0.2, 0) is 4.79 Å². The van der Waals surface area contributed by atoms with Gasteiger partial charge in [0.15, 0.2) is 0 Å². The summed E-state index contributed by atoms with van der Waals surface area (Å²) in [4.78, 5) is 19.3. The molecule has 5 nitrogen and oxygen atoms in total. The van der Waals surface area contributed by atoms with Gasteiger partial charge in [0.05, 0.1) is 6.04 Å². The number of hydrogen-bond donors (Lipinski definition) is 1. The van der Waals surface area contributed by atoms with Crippen LogP contribution in [0, 0.1) is 5.82 Å². The van der Waals surface area contributed by atoms with E-state index in [0.717, 1.165) is 51.5 Å². The van der Waals surface area contributed by atoms with E-state index in [9.17, 15) is 9.18 Å². The molecular formula is C18H29Cl2FN4O. The third-order valence-electron chi connectivity index (χ3n) is 5.20. The van der Waals surface area contributed by atoms with Crippen molar-refractivity contribution in [1.29, 1.82) is 0 Å². The monoisotopic (exact) mass is 406 g/mol. The molecule has 1 aromatic rings. The molecular weight excluding hydrogens is 378 g/mol. The maximum absolute atomic E-state index is 13.0. The second-order valence-electron chi connectivity index (χ2n) is 6.76. The highest BCUT2D eigenvalue weighted by atomic mass is 35.5. The van der Waals surface area contributed by atoms with Gasteiger partial charge in [0.25, 0.3) is 0 Å². The fraction of sp³-hybridized carbons (Fsp3) is 0.611. The zero-order valence-corrected chi connectivity index (χ0v) is 17.0. The lowest BCUT2D eigenvalue weighted by atomic mass is 10.1. The number of benzene rings is 1. The van der Waals surface area contributed by atoms with E-state index in [4.69, 9.17) is 0 Å². The molecule has 2 atom stereocenters. The highest BCUT2D eigenvalue weighted by Gasteiger charge is 2.31. The van der Waals surface area contributed by atoms with Crippen molar-refractivity contribution in [3.63, 3.8) is 0 Å². The minimum atomic E-state index is -0.207. The van der Waals surface area contributed by atoms with Crippen LogP contribution in [0.5, 0.6) is 0 Å². The van der Waals surface area contributed by atoms with Gasteiger partial charge in [-0.15, -0.1) is 24.8 Å². The van der Waals surface area contributed by atoms with E-state index in [0.29, 0.717) is 0 Å². The van der Waals surface area contributed by atoms with Gasteiger partial charge in [-0.2, -0.15) is 0 Å². The molecule has 2 aliphatic rings. The molecule has 2 saturated heterocycles. The van der Waals surface area contributed by atoms with Crippen LogP contribution >= 0.6 is 24.8 Å². The predicted octanol–water partition coefficient (Wildman–Crippen LogP) is 2.00. The Kier molecular flexibility index (Phi) is 9.10. The number of piperazine rings is 2. The number of carbonyl (C=O) groups excluding carboxylic acids is 1. The molecule has 0 aliphatic carbocycles. The quantitative estimate of drug-likeness (QED) is 0.832. The lowest BCUT2D eigenvalue weighted by molar-refractivity contribution is -0.139. The summed E-state index contributed by atoms with van der Waals surface area (Å²) in [6.45, 7) is 10.1. The predicted molar refractivity (Wildman–Crippen MR) is 108 cm³/mol. The van der Waals surface area contributed by atoms with Crippen molar-refractivity contribution in [1.82, 2.24) is 15.1 Å². The molecule has 3 rings (SSSR count). The van der Waals surface area contributed by atoms with Crippen molar-refractivity contribution in [3.05, 3.63) is 30.1 Å².